The molecule has 0 saturated carbocycles. The van der Waals surface area contributed by atoms with Crippen molar-refractivity contribution in [2.24, 2.45) is 0 Å². The Labute approximate surface area is 107 Å². The van der Waals surface area contributed by atoms with Crippen LogP contribution in [-0.4, -0.2) is 11.2 Å². The van der Waals surface area contributed by atoms with Crippen molar-refractivity contribution in [2.75, 3.05) is 5.32 Å². The van der Waals surface area contributed by atoms with E-state index in [1.54, 1.807) is 0 Å². The largest absolute Gasteiger partial charge is 0.359 e. The molecule has 1 atom stereocenters. The van der Waals surface area contributed by atoms with E-state index in [9.17, 15) is 0 Å². The average Bonchev–Trinajstić information content (AvgIpc) is 2.25. The van der Waals surface area contributed by atoms with Crippen molar-refractivity contribution in [3.63, 3.8) is 0 Å². The molecule has 1 unspecified atom stereocenters. The molecule has 1 aliphatic rings. The predicted octanol–water partition coefficient (Wildman–Crippen LogP) is 3.57. The quantitative estimate of drug-likeness (QED) is 0.767. The molecule has 0 spiro atoms. The first-order valence-corrected chi connectivity index (χ1v) is 6.32. The highest BCUT2D eigenvalue weighted by molar-refractivity contribution is 5.84. The normalized spacial score (nSPS) is 21.4. The molecule has 1 aromatic heterocycles. The topological polar surface area (TPSA) is 34.2 Å². The highest BCUT2D eigenvalue weighted by Gasteiger charge is 2.33. The third-order valence-electron chi connectivity index (χ3n) is 3.37. The van der Waals surface area contributed by atoms with Crippen LogP contribution in [0.1, 0.15) is 32.0 Å². The maximum absolute atomic E-state index is 5.90. The first kappa shape index (κ1) is 11.5. The lowest BCUT2D eigenvalue weighted by Crippen LogP contribution is -2.38. The summed E-state index contributed by atoms with van der Waals surface area (Å²) in [7, 11) is 0. The Hall–Kier alpha value is -1.61. The molecule has 1 aliphatic heterocycles. The molecule has 94 valence electrons. The first-order valence-electron chi connectivity index (χ1n) is 6.32. The number of aromatic nitrogens is 1. The lowest BCUT2D eigenvalue weighted by molar-refractivity contribution is -0.0660. The van der Waals surface area contributed by atoms with Crippen LogP contribution in [0.4, 0.5) is 5.69 Å². The second-order valence-electron chi connectivity index (χ2n) is 5.50. The van der Waals surface area contributed by atoms with Gasteiger partial charge >= 0.3 is 0 Å². The summed E-state index contributed by atoms with van der Waals surface area (Å²) in [5.74, 6) is 0. The monoisotopic (exact) mass is 242 g/mol. The van der Waals surface area contributed by atoms with Gasteiger partial charge in [-0.15, -0.1) is 0 Å². The van der Waals surface area contributed by atoms with Crippen LogP contribution in [0.3, 0.4) is 0 Å². The fourth-order valence-corrected chi connectivity index (χ4v) is 2.61. The van der Waals surface area contributed by atoms with Gasteiger partial charge in [0.2, 0.25) is 0 Å². The van der Waals surface area contributed by atoms with Gasteiger partial charge in [0.15, 0.2) is 0 Å². The van der Waals surface area contributed by atoms with Crippen molar-refractivity contribution < 1.29 is 4.74 Å². The fourth-order valence-electron chi connectivity index (χ4n) is 2.61. The summed E-state index contributed by atoms with van der Waals surface area (Å²) < 4.78 is 5.90. The molecule has 0 amide bonds. The van der Waals surface area contributed by atoms with Crippen molar-refractivity contribution in [3.8, 4) is 0 Å². The Morgan fingerprint density at radius 2 is 2.06 bits per heavy atom. The second-order valence-corrected chi connectivity index (χ2v) is 5.50. The summed E-state index contributed by atoms with van der Waals surface area (Å²) in [4.78, 5) is 4.76. The minimum absolute atomic E-state index is 0.0107. The molecular weight excluding hydrogens is 224 g/mol. The van der Waals surface area contributed by atoms with Gasteiger partial charge in [0.1, 0.15) is 11.8 Å². The van der Waals surface area contributed by atoms with Crippen LogP contribution in [0.5, 0.6) is 0 Å². The van der Waals surface area contributed by atoms with Gasteiger partial charge in [-0.1, -0.05) is 11.6 Å². The molecule has 3 rings (SSSR count). The van der Waals surface area contributed by atoms with E-state index in [1.165, 1.54) is 10.9 Å². The number of ether oxygens (including phenoxy) is 1. The van der Waals surface area contributed by atoms with Gasteiger partial charge < -0.3 is 10.1 Å². The maximum atomic E-state index is 5.90. The first-order chi connectivity index (χ1) is 8.45. The molecule has 0 bridgehead atoms. The maximum Gasteiger partial charge on any atom is 0.126 e. The van der Waals surface area contributed by atoms with E-state index in [0.717, 1.165) is 16.9 Å². The number of anilines is 1. The Morgan fingerprint density at radius 1 is 1.28 bits per heavy atom. The van der Waals surface area contributed by atoms with Crippen LogP contribution in [0, 0.1) is 6.92 Å². The van der Waals surface area contributed by atoms with Crippen LogP contribution in [0.2, 0.25) is 0 Å². The van der Waals surface area contributed by atoms with E-state index in [1.807, 2.05) is 6.92 Å². The molecule has 3 nitrogen and oxygen atoms in total. The van der Waals surface area contributed by atoms with Crippen LogP contribution in [-0.2, 0) is 10.3 Å². The predicted molar refractivity (Wildman–Crippen MR) is 73.7 cm³/mol. The summed E-state index contributed by atoms with van der Waals surface area (Å²) in [5.41, 5.74) is 3.99. The van der Waals surface area contributed by atoms with Crippen molar-refractivity contribution in [1.82, 2.24) is 4.98 Å². The number of hydrogen-bond donors (Lipinski definition) is 1. The molecule has 0 radical (unpaired) electrons. The highest BCUT2D eigenvalue weighted by Crippen LogP contribution is 2.37. The lowest BCUT2D eigenvalue weighted by Gasteiger charge is -2.36. The molecule has 3 heteroatoms. The number of aryl methyl sites for hydroxylation is 1. The van der Waals surface area contributed by atoms with Crippen molar-refractivity contribution >= 4 is 16.6 Å². The standard InChI is InChI=1S/C15H18N2O/c1-9-5-6-12-11(7-9)8-13-14(17-12)15(3,4)18-10(2)16-13/h5-8,10,16H,1-4H3. The van der Waals surface area contributed by atoms with E-state index < -0.39 is 0 Å². The third kappa shape index (κ3) is 1.75. The summed E-state index contributed by atoms with van der Waals surface area (Å²) >= 11 is 0. The molecule has 2 heterocycles. The van der Waals surface area contributed by atoms with E-state index in [0.29, 0.717) is 0 Å². The van der Waals surface area contributed by atoms with Gasteiger partial charge in [-0.2, -0.15) is 0 Å². The Bertz CT molecular complexity index is 619. The van der Waals surface area contributed by atoms with Crippen LogP contribution in [0.25, 0.3) is 10.9 Å². The van der Waals surface area contributed by atoms with Gasteiger partial charge in [-0.25, -0.2) is 4.98 Å². The summed E-state index contributed by atoms with van der Waals surface area (Å²) in [6.07, 6.45) is 0.0107. The SMILES string of the molecule is Cc1ccc2nc3c(cc2c1)NC(C)OC3(C)C. The van der Waals surface area contributed by atoms with E-state index in [4.69, 9.17) is 9.72 Å². The van der Waals surface area contributed by atoms with Crippen molar-refractivity contribution in [2.45, 2.75) is 39.5 Å². The third-order valence-corrected chi connectivity index (χ3v) is 3.37. The fraction of sp³-hybridized carbons (Fsp3) is 0.400. The molecule has 2 aromatic rings. The van der Waals surface area contributed by atoms with Crippen LogP contribution < -0.4 is 5.32 Å². The van der Waals surface area contributed by atoms with Gasteiger partial charge in [0.25, 0.3) is 0 Å². The zero-order valence-electron chi connectivity index (χ0n) is 11.2. The molecule has 1 N–H and O–H groups in total. The molecule has 18 heavy (non-hydrogen) atoms. The number of nitrogens with zero attached hydrogens (tertiary/aromatic N) is 1. The number of hydrogen-bond acceptors (Lipinski definition) is 3. The van der Waals surface area contributed by atoms with Crippen molar-refractivity contribution in [3.05, 3.63) is 35.5 Å². The minimum Gasteiger partial charge on any atom is -0.359 e. The molecule has 0 saturated heterocycles. The van der Waals surface area contributed by atoms with Gasteiger partial charge in [-0.3, -0.25) is 0 Å². The smallest absolute Gasteiger partial charge is 0.126 e. The molecule has 0 aliphatic carbocycles. The van der Waals surface area contributed by atoms with Gasteiger partial charge in [0, 0.05) is 5.39 Å². The number of benzene rings is 1. The zero-order chi connectivity index (χ0) is 12.9. The van der Waals surface area contributed by atoms with Crippen LogP contribution >= 0.6 is 0 Å². The summed E-state index contributed by atoms with van der Waals surface area (Å²) in [5, 5.41) is 4.51. The highest BCUT2D eigenvalue weighted by atomic mass is 16.5. The Morgan fingerprint density at radius 3 is 2.83 bits per heavy atom. The minimum atomic E-state index is -0.348. The molecular formula is C15H18N2O. The Kier molecular flexibility index (Phi) is 2.35. The lowest BCUT2D eigenvalue weighted by atomic mass is 9.98. The van der Waals surface area contributed by atoms with E-state index in [-0.39, 0.29) is 11.8 Å². The van der Waals surface area contributed by atoms with E-state index >= 15 is 0 Å². The summed E-state index contributed by atoms with van der Waals surface area (Å²) in [6.45, 7) is 8.25. The number of rotatable bonds is 0. The van der Waals surface area contributed by atoms with E-state index in [2.05, 4.69) is 50.4 Å². The Balaban J connectivity index is 2.26. The van der Waals surface area contributed by atoms with Crippen molar-refractivity contribution in [1.29, 1.82) is 0 Å². The molecule has 1 aromatic carbocycles. The zero-order valence-corrected chi connectivity index (χ0v) is 11.2. The van der Waals surface area contributed by atoms with Gasteiger partial charge in [-0.05, 0) is 45.9 Å². The van der Waals surface area contributed by atoms with Crippen LogP contribution in [0.15, 0.2) is 24.3 Å². The summed E-state index contributed by atoms with van der Waals surface area (Å²) in [6, 6.07) is 8.50. The number of pyridine rings is 1. The van der Waals surface area contributed by atoms with Gasteiger partial charge in [0.05, 0.1) is 16.9 Å². The number of fused-ring (bicyclic) bond motifs is 2. The second kappa shape index (κ2) is 3.69. The number of nitrogens with one attached hydrogen (secondary N) is 1. The molecule has 0 fully saturated rings. The average molecular weight is 242 g/mol.